The van der Waals surface area contributed by atoms with Crippen molar-refractivity contribution in [3.05, 3.63) is 53.6 Å². The summed E-state index contributed by atoms with van der Waals surface area (Å²) in [6.45, 7) is 7.72. The summed E-state index contributed by atoms with van der Waals surface area (Å²) in [5, 5.41) is 0. The Kier molecular flexibility index (Phi) is 7.96. The van der Waals surface area contributed by atoms with E-state index in [9.17, 15) is 9.59 Å². The Labute approximate surface area is 144 Å². The predicted octanol–water partition coefficient (Wildman–Crippen LogP) is 4.09. The van der Waals surface area contributed by atoms with Crippen LogP contribution < -0.4 is 0 Å². The number of allylic oxidation sites excluding steroid dienone is 2. The third-order valence-electron chi connectivity index (χ3n) is 3.67. The molecule has 24 heavy (non-hydrogen) atoms. The van der Waals surface area contributed by atoms with Gasteiger partial charge in [-0.3, -0.25) is 4.79 Å². The molecule has 130 valence electrons. The maximum atomic E-state index is 11.7. The molecule has 1 rings (SSSR count). The third kappa shape index (κ3) is 7.27. The Morgan fingerprint density at radius 1 is 1.12 bits per heavy atom. The maximum absolute atomic E-state index is 11.7. The fourth-order valence-electron chi connectivity index (χ4n) is 1.74. The minimum absolute atomic E-state index is 0.0519. The highest BCUT2D eigenvalue weighted by Crippen LogP contribution is 2.21. The van der Waals surface area contributed by atoms with Gasteiger partial charge in [-0.25, -0.2) is 4.79 Å². The molecule has 0 fully saturated rings. The molecule has 0 aliphatic rings. The van der Waals surface area contributed by atoms with E-state index in [1.54, 1.807) is 12.2 Å². The van der Waals surface area contributed by atoms with Gasteiger partial charge < -0.3 is 9.47 Å². The molecule has 0 atom stereocenters. The van der Waals surface area contributed by atoms with Crippen LogP contribution in [0, 0.1) is 12.3 Å². The zero-order valence-electron chi connectivity index (χ0n) is 14.9. The summed E-state index contributed by atoms with van der Waals surface area (Å²) in [5.41, 5.74) is 1.74. The number of esters is 2. The fourth-order valence-corrected chi connectivity index (χ4v) is 1.74. The molecular formula is C20H26O4. The van der Waals surface area contributed by atoms with E-state index in [0.717, 1.165) is 5.56 Å². The Morgan fingerprint density at radius 3 is 2.50 bits per heavy atom. The van der Waals surface area contributed by atoms with Crippen molar-refractivity contribution in [3.8, 4) is 0 Å². The predicted molar refractivity (Wildman–Crippen MR) is 95.3 cm³/mol. The average molecular weight is 330 g/mol. The molecule has 0 aliphatic carbocycles. The second-order valence-electron chi connectivity index (χ2n) is 6.17. The zero-order chi connectivity index (χ0) is 18.0. The van der Waals surface area contributed by atoms with Crippen molar-refractivity contribution in [1.82, 2.24) is 0 Å². The molecule has 0 unspecified atom stereocenters. The number of hydrogen-bond acceptors (Lipinski definition) is 4. The first-order valence-corrected chi connectivity index (χ1v) is 8.10. The first-order valence-electron chi connectivity index (χ1n) is 8.10. The van der Waals surface area contributed by atoms with Crippen LogP contribution in [-0.2, 0) is 19.1 Å². The number of hydrogen-bond donors (Lipinski definition) is 0. The number of carbonyl (C=O) groups is 2. The summed E-state index contributed by atoms with van der Waals surface area (Å²) < 4.78 is 10.1. The molecule has 0 N–H and O–H groups in total. The Bertz CT molecular complexity index is 612. The SMILES string of the molecule is CCC(C)(C)C(=O)OCCOC(=O)/C=C/C=C/c1cccc(C)c1. The monoisotopic (exact) mass is 330 g/mol. The van der Waals surface area contributed by atoms with Crippen LogP contribution in [-0.4, -0.2) is 25.2 Å². The average Bonchev–Trinajstić information content (AvgIpc) is 2.55. The van der Waals surface area contributed by atoms with E-state index in [0.29, 0.717) is 6.42 Å². The van der Waals surface area contributed by atoms with E-state index < -0.39 is 11.4 Å². The summed E-state index contributed by atoms with van der Waals surface area (Å²) in [6, 6.07) is 8.05. The molecule has 0 aliphatic heterocycles. The molecule has 0 aromatic heterocycles. The molecule has 0 radical (unpaired) electrons. The van der Waals surface area contributed by atoms with Crippen molar-refractivity contribution >= 4 is 18.0 Å². The smallest absolute Gasteiger partial charge is 0.330 e. The standard InChI is InChI=1S/C20H26O4/c1-5-20(3,4)19(22)24-14-13-23-18(21)12-7-6-10-17-11-8-9-16(2)15-17/h6-12,15H,5,13-14H2,1-4H3/b10-6+,12-7+. The van der Waals surface area contributed by atoms with E-state index >= 15 is 0 Å². The van der Waals surface area contributed by atoms with Gasteiger partial charge in [0, 0.05) is 6.08 Å². The van der Waals surface area contributed by atoms with Crippen LogP contribution in [0.1, 0.15) is 38.3 Å². The van der Waals surface area contributed by atoms with Gasteiger partial charge in [-0.05, 0) is 32.8 Å². The Hall–Kier alpha value is -2.36. The number of rotatable bonds is 8. The summed E-state index contributed by atoms with van der Waals surface area (Å²) in [7, 11) is 0. The topological polar surface area (TPSA) is 52.6 Å². The molecule has 0 amide bonds. The van der Waals surface area contributed by atoms with Crippen molar-refractivity contribution in [2.75, 3.05) is 13.2 Å². The molecule has 4 heteroatoms. The molecular weight excluding hydrogens is 304 g/mol. The summed E-state index contributed by atoms with van der Waals surface area (Å²) >= 11 is 0. The second kappa shape index (κ2) is 9.71. The van der Waals surface area contributed by atoms with Gasteiger partial charge in [0.15, 0.2) is 0 Å². The summed E-state index contributed by atoms with van der Waals surface area (Å²) in [5.74, 6) is -0.743. The minimum atomic E-state index is -0.509. The molecule has 0 saturated carbocycles. The van der Waals surface area contributed by atoms with Gasteiger partial charge in [-0.1, -0.05) is 55.0 Å². The molecule has 1 aromatic rings. The van der Waals surface area contributed by atoms with Gasteiger partial charge in [-0.2, -0.15) is 0 Å². The quantitative estimate of drug-likeness (QED) is 0.312. The van der Waals surface area contributed by atoms with Crippen LogP contribution in [0.3, 0.4) is 0 Å². The van der Waals surface area contributed by atoms with Gasteiger partial charge in [0.1, 0.15) is 13.2 Å². The fraction of sp³-hybridized carbons (Fsp3) is 0.400. The van der Waals surface area contributed by atoms with Crippen molar-refractivity contribution in [2.24, 2.45) is 5.41 Å². The van der Waals surface area contributed by atoms with E-state index in [1.165, 1.54) is 11.6 Å². The molecule has 0 saturated heterocycles. The Morgan fingerprint density at radius 2 is 1.83 bits per heavy atom. The van der Waals surface area contributed by atoms with Crippen LogP contribution in [0.4, 0.5) is 0 Å². The van der Waals surface area contributed by atoms with E-state index in [-0.39, 0.29) is 19.2 Å². The molecule has 4 nitrogen and oxygen atoms in total. The number of benzene rings is 1. The largest absolute Gasteiger partial charge is 0.462 e. The van der Waals surface area contributed by atoms with Crippen molar-refractivity contribution in [2.45, 2.75) is 34.1 Å². The van der Waals surface area contributed by atoms with E-state index in [2.05, 4.69) is 6.07 Å². The lowest BCUT2D eigenvalue weighted by molar-refractivity contribution is -0.157. The van der Waals surface area contributed by atoms with Crippen molar-refractivity contribution in [3.63, 3.8) is 0 Å². The number of ether oxygens (including phenoxy) is 2. The summed E-state index contributed by atoms with van der Waals surface area (Å²) in [6.07, 6.45) is 7.34. The van der Waals surface area contributed by atoms with Crippen LogP contribution in [0.5, 0.6) is 0 Å². The van der Waals surface area contributed by atoms with Crippen LogP contribution in [0.2, 0.25) is 0 Å². The Balaban J connectivity index is 2.28. The lowest BCUT2D eigenvalue weighted by Crippen LogP contribution is -2.27. The van der Waals surface area contributed by atoms with Gasteiger partial charge in [0.2, 0.25) is 0 Å². The third-order valence-corrected chi connectivity index (χ3v) is 3.67. The highest BCUT2D eigenvalue weighted by molar-refractivity contribution is 5.82. The minimum Gasteiger partial charge on any atom is -0.462 e. The van der Waals surface area contributed by atoms with Crippen LogP contribution >= 0.6 is 0 Å². The first-order chi connectivity index (χ1) is 11.3. The number of carbonyl (C=O) groups excluding carboxylic acids is 2. The van der Waals surface area contributed by atoms with Crippen molar-refractivity contribution < 1.29 is 19.1 Å². The summed E-state index contributed by atoms with van der Waals surface area (Å²) in [4.78, 5) is 23.2. The van der Waals surface area contributed by atoms with Crippen LogP contribution in [0.15, 0.2) is 42.5 Å². The molecule has 1 aromatic carbocycles. The normalized spacial score (nSPS) is 11.8. The molecule has 0 spiro atoms. The van der Waals surface area contributed by atoms with Gasteiger partial charge in [-0.15, -0.1) is 0 Å². The van der Waals surface area contributed by atoms with Crippen LogP contribution in [0.25, 0.3) is 6.08 Å². The van der Waals surface area contributed by atoms with Gasteiger partial charge in [0.05, 0.1) is 5.41 Å². The zero-order valence-corrected chi connectivity index (χ0v) is 14.9. The number of aryl methyl sites for hydroxylation is 1. The van der Waals surface area contributed by atoms with Gasteiger partial charge in [0.25, 0.3) is 0 Å². The molecule has 0 bridgehead atoms. The van der Waals surface area contributed by atoms with E-state index in [4.69, 9.17) is 9.47 Å². The lowest BCUT2D eigenvalue weighted by atomic mass is 9.91. The van der Waals surface area contributed by atoms with E-state index in [1.807, 2.05) is 52.0 Å². The second-order valence-corrected chi connectivity index (χ2v) is 6.17. The highest BCUT2D eigenvalue weighted by Gasteiger charge is 2.26. The van der Waals surface area contributed by atoms with Crippen molar-refractivity contribution in [1.29, 1.82) is 0 Å². The molecule has 0 heterocycles. The highest BCUT2D eigenvalue weighted by atomic mass is 16.6. The van der Waals surface area contributed by atoms with Gasteiger partial charge >= 0.3 is 11.9 Å². The lowest BCUT2D eigenvalue weighted by Gasteiger charge is -2.20. The maximum Gasteiger partial charge on any atom is 0.330 e. The first kappa shape index (κ1) is 19.7.